The SMILES string of the molecule is COc1ccc(CC(C)CNC(=O)Cc2ccccc2C(=O)O)cc1OC. The van der Waals surface area contributed by atoms with Crippen molar-refractivity contribution in [1.29, 1.82) is 0 Å². The molecule has 2 aromatic carbocycles. The maximum atomic E-state index is 12.2. The molecule has 0 spiro atoms. The topological polar surface area (TPSA) is 84.9 Å². The molecule has 2 N–H and O–H groups in total. The fourth-order valence-corrected chi connectivity index (χ4v) is 2.89. The molecule has 1 amide bonds. The van der Waals surface area contributed by atoms with Crippen LogP contribution in [0.1, 0.15) is 28.4 Å². The van der Waals surface area contributed by atoms with Crippen LogP contribution < -0.4 is 14.8 Å². The number of carbonyl (C=O) groups is 2. The molecule has 0 aliphatic rings. The van der Waals surface area contributed by atoms with Crippen LogP contribution >= 0.6 is 0 Å². The Morgan fingerprint density at radius 2 is 1.78 bits per heavy atom. The summed E-state index contributed by atoms with van der Waals surface area (Å²) in [7, 11) is 3.19. The van der Waals surface area contributed by atoms with Crippen molar-refractivity contribution in [2.45, 2.75) is 19.8 Å². The number of carboxylic acids is 1. The van der Waals surface area contributed by atoms with E-state index < -0.39 is 5.97 Å². The van der Waals surface area contributed by atoms with Crippen LogP contribution in [0.4, 0.5) is 0 Å². The monoisotopic (exact) mass is 371 g/mol. The highest BCUT2D eigenvalue weighted by molar-refractivity contribution is 5.91. The lowest BCUT2D eigenvalue weighted by molar-refractivity contribution is -0.120. The lowest BCUT2D eigenvalue weighted by atomic mass is 10.00. The minimum absolute atomic E-state index is 0.0472. The van der Waals surface area contributed by atoms with Gasteiger partial charge in [0, 0.05) is 6.54 Å². The summed E-state index contributed by atoms with van der Waals surface area (Å²) in [6, 6.07) is 12.3. The standard InChI is InChI=1S/C21H25NO5/c1-14(10-15-8-9-18(26-2)19(11-15)27-3)13-22-20(23)12-16-6-4-5-7-17(16)21(24)25/h4-9,11,14H,10,12-13H2,1-3H3,(H,22,23)(H,24,25). The van der Waals surface area contributed by atoms with Gasteiger partial charge in [0.25, 0.3) is 0 Å². The summed E-state index contributed by atoms with van der Waals surface area (Å²) in [5.41, 5.74) is 1.76. The van der Waals surface area contributed by atoms with Crippen LogP contribution in [0.15, 0.2) is 42.5 Å². The molecule has 0 fully saturated rings. The first-order chi connectivity index (χ1) is 12.9. The zero-order valence-electron chi connectivity index (χ0n) is 15.8. The first-order valence-electron chi connectivity index (χ1n) is 8.73. The molecule has 0 bridgehead atoms. The number of nitrogens with one attached hydrogen (secondary N) is 1. The predicted octanol–water partition coefficient (Wildman–Crippen LogP) is 2.94. The summed E-state index contributed by atoms with van der Waals surface area (Å²) < 4.78 is 10.5. The Balaban J connectivity index is 1.89. The average molecular weight is 371 g/mol. The van der Waals surface area contributed by atoms with E-state index in [4.69, 9.17) is 9.47 Å². The highest BCUT2D eigenvalue weighted by atomic mass is 16.5. The third-order valence-corrected chi connectivity index (χ3v) is 4.28. The van der Waals surface area contributed by atoms with Gasteiger partial charge in [-0.2, -0.15) is 0 Å². The third kappa shape index (κ3) is 5.74. The molecule has 144 valence electrons. The molecule has 0 saturated carbocycles. The molecule has 1 atom stereocenters. The normalized spacial score (nSPS) is 11.5. The molecule has 0 aliphatic heterocycles. The van der Waals surface area contributed by atoms with Gasteiger partial charge < -0.3 is 19.9 Å². The Hall–Kier alpha value is -3.02. The second-order valence-corrected chi connectivity index (χ2v) is 6.44. The molecule has 0 radical (unpaired) electrons. The number of ether oxygens (including phenoxy) is 2. The first kappa shape index (κ1) is 20.3. The number of carbonyl (C=O) groups excluding carboxylic acids is 1. The van der Waals surface area contributed by atoms with Gasteiger partial charge in [-0.1, -0.05) is 31.2 Å². The fraction of sp³-hybridized carbons (Fsp3) is 0.333. The van der Waals surface area contributed by atoms with Crippen LogP contribution in [0.2, 0.25) is 0 Å². The summed E-state index contributed by atoms with van der Waals surface area (Å²) in [6.45, 7) is 2.55. The van der Waals surface area contributed by atoms with Gasteiger partial charge in [-0.25, -0.2) is 4.79 Å². The van der Waals surface area contributed by atoms with Crippen molar-refractivity contribution >= 4 is 11.9 Å². The van der Waals surface area contributed by atoms with Gasteiger partial charge in [-0.05, 0) is 41.7 Å². The number of aromatic carboxylic acids is 1. The van der Waals surface area contributed by atoms with E-state index in [-0.39, 0.29) is 23.8 Å². The molecule has 1 unspecified atom stereocenters. The summed E-state index contributed by atoms with van der Waals surface area (Å²) >= 11 is 0. The molecule has 2 aromatic rings. The van der Waals surface area contributed by atoms with Crippen molar-refractivity contribution in [2.75, 3.05) is 20.8 Å². The lowest BCUT2D eigenvalue weighted by Crippen LogP contribution is -2.30. The van der Waals surface area contributed by atoms with E-state index in [1.54, 1.807) is 32.4 Å². The number of amides is 1. The summed E-state index contributed by atoms with van der Waals surface area (Å²) in [6.07, 6.45) is 0.817. The van der Waals surface area contributed by atoms with Gasteiger partial charge in [0.1, 0.15) is 0 Å². The second-order valence-electron chi connectivity index (χ2n) is 6.44. The molecule has 6 heteroatoms. The maximum absolute atomic E-state index is 12.2. The van der Waals surface area contributed by atoms with Gasteiger partial charge in [-0.15, -0.1) is 0 Å². The minimum Gasteiger partial charge on any atom is -0.493 e. The Labute approximate surface area is 159 Å². The number of methoxy groups -OCH3 is 2. The molecular weight excluding hydrogens is 346 g/mol. The molecule has 0 saturated heterocycles. The van der Waals surface area contributed by atoms with Crippen molar-refractivity contribution in [3.63, 3.8) is 0 Å². The van der Waals surface area contributed by atoms with Crippen LogP contribution in [0.3, 0.4) is 0 Å². The highest BCUT2D eigenvalue weighted by Gasteiger charge is 2.14. The van der Waals surface area contributed by atoms with E-state index in [1.165, 1.54) is 6.07 Å². The molecule has 6 nitrogen and oxygen atoms in total. The predicted molar refractivity (Wildman–Crippen MR) is 103 cm³/mol. The van der Waals surface area contributed by atoms with Crippen LogP contribution in [-0.2, 0) is 17.6 Å². The van der Waals surface area contributed by atoms with Crippen molar-refractivity contribution in [1.82, 2.24) is 5.32 Å². The highest BCUT2D eigenvalue weighted by Crippen LogP contribution is 2.28. The number of carboxylic acid groups (broad SMARTS) is 1. The zero-order chi connectivity index (χ0) is 19.8. The van der Waals surface area contributed by atoms with Crippen LogP contribution in [0.5, 0.6) is 11.5 Å². The van der Waals surface area contributed by atoms with Crippen LogP contribution in [0, 0.1) is 5.92 Å². The molecule has 0 heterocycles. The molecule has 0 aromatic heterocycles. The second kappa shape index (κ2) is 9.62. The Morgan fingerprint density at radius 3 is 2.44 bits per heavy atom. The van der Waals surface area contributed by atoms with E-state index in [0.717, 1.165) is 12.0 Å². The average Bonchev–Trinajstić information content (AvgIpc) is 2.66. The van der Waals surface area contributed by atoms with E-state index in [0.29, 0.717) is 23.6 Å². The van der Waals surface area contributed by atoms with E-state index in [9.17, 15) is 14.7 Å². The fourth-order valence-electron chi connectivity index (χ4n) is 2.89. The number of benzene rings is 2. The van der Waals surface area contributed by atoms with Gasteiger partial charge in [0.2, 0.25) is 5.91 Å². The van der Waals surface area contributed by atoms with Gasteiger partial charge in [0.05, 0.1) is 26.2 Å². The Morgan fingerprint density at radius 1 is 1.07 bits per heavy atom. The van der Waals surface area contributed by atoms with Crippen molar-refractivity contribution in [3.8, 4) is 11.5 Å². The van der Waals surface area contributed by atoms with Crippen LogP contribution in [0.25, 0.3) is 0 Å². The van der Waals surface area contributed by atoms with E-state index in [2.05, 4.69) is 5.32 Å². The van der Waals surface area contributed by atoms with Gasteiger partial charge in [0.15, 0.2) is 11.5 Å². The third-order valence-electron chi connectivity index (χ3n) is 4.28. The first-order valence-corrected chi connectivity index (χ1v) is 8.73. The lowest BCUT2D eigenvalue weighted by Gasteiger charge is -2.15. The maximum Gasteiger partial charge on any atom is 0.335 e. The smallest absolute Gasteiger partial charge is 0.335 e. The quantitative estimate of drug-likeness (QED) is 0.708. The summed E-state index contributed by atoms with van der Waals surface area (Å²) in [5, 5.41) is 12.1. The summed E-state index contributed by atoms with van der Waals surface area (Å²) in [5.74, 6) is 0.348. The molecule has 0 aliphatic carbocycles. The molecule has 27 heavy (non-hydrogen) atoms. The Kier molecular flexibility index (Phi) is 7.23. The number of hydrogen-bond acceptors (Lipinski definition) is 4. The van der Waals surface area contributed by atoms with Gasteiger partial charge in [-0.3, -0.25) is 4.79 Å². The van der Waals surface area contributed by atoms with Crippen molar-refractivity contribution < 1.29 is 24.2 Å². The largest absolute Gasteiger partial charge is 0.493 e. The minimum atomic E-state index is -1.03. The molecular formula is C21H25NO5. The zero-order valence-corrected chi connectivity index (χ0v) is 15.8. The van der Waals surface area contributed by atoms with Crippen molar-refractivity contribution in [3.05, 3.63) is 59.2 Å². The molecule has 2 rings (SSSR count). The summed E-state index contributed by atoms with van der Waals surface area (Å²) in [4.78, 5) is 23.4. The van der Waals surface area contributed by atoms with Gasteiger partial charge >= 0.3 is 5.97 Å². The Bertz CT molecular complexity index is 803. The van der Waals surface area contributed by atoms with E-state index in [1.807, 2.05) is 25.1 Å². The van der Waals surface area contributed by atoms with Crippen molar-refractivity contribution in [2.24, 2.45) is 5.92 Å². The number of rotatable bonds is 9. The number of hydrogen-bond donors (Lipinski definition) is 2. The van der Waals surface area contributed by atoms with E-state index >= 15 is 0 Å². The van der Waals surface area contributed by atoms with Crippen LogP contribution in [-0.4, -0.2) is 37.7 Å².